The maximum absolute atomic E-state index is 12.6. The number of amides is 1. The van der Waals surface area contributed by atoms with Crippen LogP contribution >= 0.6 is 0 Å². The van der Waals surface area contributed by atoms with Gasteiger partial charge >= 0.3 is 0 Å². The van der Waals surface area contributed by atoms with E-state index in [2.05, 4.69) is 12.2 Å². The standard InChI is InChI=1S/C20H31NO4S/c1-2-5-18(14-16-6-3-4-7-16)20(23)21-15-17-8-10-19(11-9-17)26(24,25)13-12-22/h8-11,16,18,22H,2-7,12-15H2,1H3,(H,21,23)/t18-/m1/s1. The van der Waals surface area contributed by atoms with Crippen LogP contribution in [0.5, 0.6) is 0 Å². The van der Waals surface area contributed by atoms with Gasteiger partial charge in [0.2, 0.25) is 5.91 Å². The molecule has 1 aromatic carbocycles. The molecular weight excluding hydrogens is 350 g/mol. The van der Waals surface area contributed by atoms with Gasteiger partial charge in [-0.3, -0.25) is 4.79 Å². The first-order valence-corrected chi connectivity index (χ1v) is 11.3. The second-order valence-corrected chi connectivity index (χ2v) is 9.39. The van der Waals surface area contributed by atoms with Gasteiger partial charge in [-0.1, -0.05) is 51.2 Å². The van der Waals surface area contributed by atoms with Gasteiger partial charge < -0.3 is 10.4 Å². The van der Waals surface area contributed by atoms with Crippen molar-refractivity contribution in [3.05, 3.63) is 29.8 Å². The first-order valence-electron chi connectivity index (χ1n) is 9.66. The smallest absolute Gasteiger partial charge is 0.223 e. The first-order chi connectivity index (χ1) is 12.5. The van der Waals surface area contributed by atoms with Crippen LogP contribution in [-0.4, -0.2) is 31.8 Å². The van der Waals surface area contributed by atoms with E-state index in [1.807, 2.05) is 0 Å². The number of aliphatic hydroxyl groups excluding tert-OH is 1. The molecular formula is C20H31NO4S. The topological polar surface area (TPSA) is 83.5 Å². The maximum atomic E-state index is 12.6. The predicted octanol–water partition coefficient (Wildman–Crippen LogP) is 3.07. The van der Waals surface area contributed by atoms with Crippen molar-refractivity contribution >= 4 is 15.7 Å². The van der Waals surface area contributed by atoms with Gasteiger partial charge in [-0.2, -0.15) is 0 Å². The quantitative estimate of drug-likeness (QED) is 0.652. The number of carbonyl (C=O) groups excluding carboxylic acids is 1. The molecule has 1 aliphatic rings. The molecule has 0 aliphatic heterocycles. The van der Waals surface area contributed by atoms with Gasteiger partial charge in [0, 0.05) is 12.5 Å². The van der Waals surface area contributed by atoms with E-state index in [1.54, 1.807) is 12.1 Å². The van der Waals surface area contributed by atoms with E-state index in [1.165, 1.54) is 37.8 Å². The van der Waals surface area contributed by atoms with Gasteiger partial charge in [0.1, 0.15) is 0 Å². The highest BCUT2D eigenvalue weighted by atomic mass is 32.2. The molecule has 1 amide bonds. The minimum atomic E-state index is -3.43. The highest BCUT2D eigenvalue weighted by Gasteiger charge is 2.24. The molecule has 1 aromatic rings. The third-order valence-corrected chi connectivity index (χ3v) is 6.92. The van der Waals surface area contributed by atoms with Crippen LogP contribution in [0.15, 0.2) is 29.2 Å². The van der Waals surface area contributed by atoms with Gasteiger partial charge in [-0.25, -0.2) is 8.42 Å². The van der Waals surface area contributed by atoms with E-state index < -0.39 is 9.84 Å². The molecule has 1 atom stereocenters. The Kier molecular flexibility index (Phi) is 8.10. The molecule has 5 nitrogen and oxygen atoms in total. The molecule has 0 bridgehead atoms. The third-order valence-electron chi connectivity index (χ3n) is 5.21. The Balaban J connectivity index is 1.90. The first kappa shape index (κ1) is 20.9. The molecule has 6 heteroatoms. The van der Waals surface area contributed by atoms with Crippen molar-refractivity contribution in [2.24, 2.45) is 11.8 Å². The molecule has 0 unspecified atom stereocenters. The number of carbonyl (C=O) groups is 1. The molecule has 26 heavy (non-hydrogen) atoms. The van der Waals surface area contributed by atoms with Crippen LogP contribution in [0.25, 0.3) is 0 Å². The Bertz CT molecular complexity index is 664. The number of aliphatic hydroxyl groups is 1. The Morgan fingerprint density at radius 2 is 1.88 bits per heavy atom. The summed E-state index contributed by atoms with van der Waals surface area (Å²) in [5.74, 6) is 0.597. The number of hydrogen-bond acceptors (Lipinski definition) is 4. The van der Waals surface area contributed by atoms with Gasteiger partial charge in [0.05, 0.1) is 17.3 Å². The number of hydrogen-bond donors (Lipinski definition) is 2. The Morgan fingerprint density at radius 1 is 1.23 bits per heavy atom. The second kappa shape index (κ2) is 10.1. The van der Waals surface area contributed by atoms with Crippen LogP contribution in [0.2, 0.25) is 0 Å². The summed E-state index contributed by atoms with van der Waals surface area (Å²) in [5, 5.41) is 11.8. The maximum Gasteiger partial charge on any atom is 0.223 e. The lowest BCUT2D eigenvalue weighted by atomic mass is 9.89. The van der Waals surface area contributed by atoms with Gasteiger partial charge in [-0.05, 0) is 36.5 Å². The van der Waals surface area contributed by atoms with Crippen molar-refractivity contribution < 1.29 is 18.3 Å². The number of nitrogens with one attached hydrogen (secondary N) is 1. The molecule has 2 N–H and O–H groups in total. The van der Waals surface area contributed by atoms with E-state index >= 15 is 0 Å². The molecule has 1 fully saturated rings. The highest BCUT2D eigenvalue weighted by molar-refractivity contribution is 7.91. The average molecular weight is 382 g/mol. The van der Waals surface area contributed by atoms with Crippen LogP contribution < -0.4 is 5.32 Å². The SMILES string of the molecule is CCC[C@H](CC1CCCC1)C(=O)NCc1ccc(S(=O)(=O)CCO)cc1. The van der Waals surface area contributed by atoms with Crippen molar-refractivity contribution in [3.8, 4) is 0 Å². The summed E-state index contributed by atoms with van der Waals surface area (Å²) in [6, 6.07) is 6.51. The van der Waals surface area contributed by atoms with Crippen LogP contribution in [0, 0.1) is 11.8 Å². The Morgan fingerprint density at radius 3 is 2.46 bits per heavy atom. The molecule has 0 saturated heterocycles. The van der Waals surface area contributed by atoms with Crippen LogP contribution in [-0.2, 0) is 21.2 Å². The number of rotatable bonds is 10. The lowest BCUT2D eigenvalue weighted by molar-refractivity contribution is -0.126. The van der Waals surface area contributed by atoms with Crippen molar-refractivity contribution in [2.75, 3.05) is 12.4 Å². The van der Waals surface area contributed by atoms with Gasteiger partial charge in [0.25, 0.3) is 0 Å². The number of benzene rings is 1. The summed E-state index contributed by atoms with van der Waals surface area (Å²) < 4.78 is 23.8. The molecule has 0 aromatic heterocycles. The highest BCUT2D eigenvalue weighted by Crippen LogP contribution is 2.31. The van der Waals surface area contributed by atoms with E-state index in [0.29, 0.717) is 12.5 Å². The monoisotopic (exact) mass is 381 g/mol. The second-order valence-electron chi connectivity index (χ2n) is 7.28. The molecule has 1 aliphatic carbocycles. The summed E-state index contributed by atoms with van der Waals surface area (Å²) >= 11 is 0. The lowest BCUT2D eigenvalue weighted by Crippen LogP contribution is -2.31. The van der Waals surface area contributed by atoms with E-state index in [4.69, 9.17) is 5.11 Å². The fourth-order valence-corrected chi connectivity index (χ4v) is 4.77. The zero-order valence-corrected chi connectivity index (χ0v) is 16.4. The normalized spacial score (nSPS) is 16.5. The van der Waals surface area contributed by atoms with Crippen molar-refractivity contribution in [1.82, 2.24) is 5.32 Å². The molecule has 146 valence electrons. The number of sulfone groups is 1. The van der Waals surface area contributed by atoms with E-state index in [-0.39, 0.29) is 29.1 Å². The lowest BCUT2D eigenvalue weighted by Gasteiger charge is -2.19. The minimum absolute atomic E-state index is 0.0762. The molecule has 0 radical (unpaired) electrons. The molecule has 0 heterocycles. The average Bonchev–Trinajstić information content (AvgIpc) is 3.13. The Hall–Kier alpha value is -1.40. The van der Waals surface area contributed by atoms with E-state index in [9.17, 15) is 13.2 Å². The Labute approximate surface area is 157 Å². The summed E-state index contributed by atoms with van der Waals surface area (Å²) in [4.78, 5) is 12.8. The van der Waals surface area contributed by atoms with Crippen molar-refractivity contribution in [2.45, 2.75) is 63.3 Å². The predicted molar refractivity (Wildman–Crippen MR) is 102 cm³/mol. The molecule has 2 rings (SSSR count). The zero-order chi connectivity index (χ0) is 19.0. The zero-order valence-electron chi connectivity index (χ0n) is 15.6. The van der Waals surface area contributed by atoms with Crippen LogP contribution in [0.1, 0.15) is 57.4 Å². The van der Waals surface area contributed by atoms with Gasteiger partial charge in [-0.15, -0.1) is 0 Å². The summed E-state index contributed by atoms with van der Waals surface area (Å²) in [5.41, 5.74) is 0.873. The summed E-state index contributed by atoms with van der Waals surface area (Å²) in [6.07, 6.45) is 7.97. The van der Waals surface area contributed by atoms with E-state index in [0.717, 1.165) is 24.8 Å². The fourth-order valence-electron chi connectivity index (χ4n) is 3.74. The summed E-state index contributed by atoms with van der Waals surface area (Å²) in [6.45, 7) is 2.13. The fraction of sp³-hybridized carbons (Fsp3) is 0.650. The van der Waals surface area contributed by atoms with Crippen LogP contribution in [0.3, 0.4) is 0 Å². The minimum Gasteiger partial charge on any atom is -0.395 e. The summed E-state index contributed by atoms with van der Waals surface area (Å²) in [7, 11) is -3.43. The van der Waals surface area contributed by atoms with Crippen molar-refractivity contribution in [3.63, 3.8) is 0 Å². The van der Waals surface area contributed by atoms with Crippen LogP contribution in [0.4, 0.5) is 0 Å². The third kappa shape index (κ3) is 6.09. The molecule has 0 spiro atoms. The van der Waals surface area contributed by atoms with Crippen molar-refractivity contribution in [1.29, 1.82) is 0 Å². The molecule has 1 saturated carbocycles. The largest absolute Gasteiger partial charge is 0.395 e. The van der Waals surface area contributed by atoms with Gasteiger partial charge in [0.15, 0.2) is 9.84 Å².